The number of aromatic nitrogens is 1. The fourth-order valence-corrected chi connectivity index (χ4v) is 3.32. The number of hydrogen-bond acceptors (Lipinski definition) is 2. The van der Waals surface area contributed by atoms with Crippen LogP contribution in [-0.4, -0.2) is 17.6 Å². The third-order valence-electron chi connectivity index (χ3n) is 4.18. The number of nitrogens with two attached hydrogens (primary N) is 1. The third-order valence-corrected chi connectivity index (χ3v) is 4.18. The van der Waals surface area contributed by atoms with E-state index in [0.29, 0.717) is 5.56 Å². The molecule has 0 atom stereocenters. The van der Waals surface area contributed by atoms with Gasteiger partial charge in [-0.05, 0) is 44.9 Å². The van der Waals surface area contributed by atoms with E-state index in [-0.39, 0.29) is 11.9 Å². The van der Waals surface area contributed by atoms with Crippen molar-refractivity contribution in [3.05, 3.63) is 41.2 Å². The van der Waals surface area contributed by atoms with E-state index in [1.807, 2.05) is 31.2 Å². The summed E-state index contributed by atoms with van der Waals surface area (Å²) in [5.74, 6) is 0.427. The summed E-state index contributed by atoms with van der Waals surface area (Å²) >= 11 is 0. The molecular weight excluding hydrogens is 288 g/mol. The van der Waals surface area contributed by atoms with E-state index in [0.717, 1.165) is 35.4 Å². The van der Waals surface area contributed by atoms with Crippen molar-refractivity contribution in [1.82, 2.24) is 4.57 Å². The van der Waals surface area contributed by atoms with Crippen molar-refractivity contribution in [3.63, 3.8) is 0 Å². The second-order valence-corrected chi connectivity index (χ2v) is 6.09. The predicted octanol–water partition coefficient (Wildman–Crippen LogP) is 4.10. The number of ether oxygens (including phenoxy) is 1. The molecule has 0 aliphatic rings. The predicted molar refractivity (Wildman–Crippen MR) is 94.1 cm³/mol. The molecule has 0 saturated heterocycles. The van der Waals surface area contributed by atoms with E-state index in [9.17, 15) is 4.79 Å². The van der Waals surface area contributed by atoms with Gasteiger partial charge in [0.05, 0.1) is 12.7 Å². The van der Waals surface area contributed by atoms with Gasteiger partial charge in [0.2, 0.25) is 0 Å². The first kappa shape index (κ1) is 17.1. The minimum Gasteiger partial charge on any atom is -0.497 e. The molecule has 2 rings (SSSR count). The van der Waals surface area contributed by atoms with Crippen molar-refractivity contribution in [2.75, 3.05) is 7.11 Å². The zero-order valence-corrected chi connectivity index (χ0v) is 14.6. The lowest BCUT2D eigenvalue weighted by atomic mass is 9.98. The quantitative estimate of drug-likeness (QED) is 0.872. The molecule has 124 valence electrons. The molecule has 0 radical (unpaired) electrons. The summed E-state index contributed by atoms with van der Waals surface area (Å²) in [5, 5.41) is 0. The van der Waals surface area contributed by atoms with Crippen LogP contribution in [0, 0.1) is 6.92 Å². The van der Waals surface area contributed by atoms with Crippen LogP contribution in [0.25, 0.3) is 11.1 Å². The van der Waals surface area contributed by atoms with E-state index < -0.39 is 0 Å². The Morgan fingerprint density at radius 3 is 2.30 bits per heavy atom. The van der Waals surface area contributed by atoms with E-state index in [1.54, 1.807) is 7.11 Å². The van der Waals surface area contributed by atoms with Gasteiger partial charge in [0.1, 0.15) is 5.75 Å². The Hall–Kier alpha value is -2.23. The molecule has 4 nitrogen and oxygen atoms in total. The molecule has 0 aliphatic heterocycles. The van der Waals surface area contributed by atoms with Crippen LogP contribution < -0.4 is 10.5 Å². The summed E-state index contributed by atoms with van der Waals surface area (Å²) in [6.07, 6.45) is 1.92. The van der Waals surface area contributed by atoms with Gasteiger partial charge in [-0.1, -0.05) is 25.5 Å². The molecule has 1 heterocycles. The number of benzene rings is 1. The lowest BCUT2D eigenvalue weighted by Gasteiger charge is -2.16. The monoisotopic (exact) mass is 314 g/mol. The van der Waals surface area contributed by atoms with Gasteiger partial charge in [0.25, 0.3) is 5.91 Å². The van der Waals surface area contributed by atoms with Gasteiger partial charge in [-0.3, -0.25) is 4.79 Å². The topological polar surface area (TPSA) is 57.2 Å². The number of nitrogens with zero attached hydrogens (tertiary/aromatic N) is 1. The van der Waals surface area contributed by atoms with Crippen molar-refractivity contribution in [3.8, 4) is 16.9 Å². The van der Waals surface area contributed by atoms with Crippen LogP contribution in [0.15, 0.2) is 24.3 Å². The molecule has 0 saturated carbocycles. The van der Waals surface area contributed by atoms with E-state index in [2.05, 4.69) is 25.3 Å². The minimum absolute atomic E-state index is 0.279. The molecule has 1 aromatic carbocycles. The summed E-state index contributed by atoms with van der Waals surface area (Å²) in [7, 11) is 1.64. The van der Waals surface area contributed by atoms with Crippen LogP contribution in [0.5, 0.6) is 5.75 Å². The first-order valence-corrected chi connectivity index (χ1v) is 8.10. The van der Waals surface area contributed by atoms with Crippen molar-refractivity contribution in [1.29, 1.82) is 0 Å². The number of methoxy groups -OCH3 is 1. The summed E-state index contributed by atoms with van der Waals surface area (Å²) in [6, 6.07) is 8.09. The normalized spacial score (nSPS) is 11.0. The Balaban J connectivity index is 2.76. The first-order chi connectivity index (χ1) is 10.9. The Labute approximate surface area is 138 Å². The van der Waals surface area contributed by atoms with Crippen LogP contribution >= 0.6 is 0 Å². The molecule has 2 aromatic rings. The van der Waals surface area contributed by atoms with Gasteiger partial charge in [0, 0.05) is 23.0 Å². The third kappa shape index (κ3) is 3.11. The number of primary amides is 1. The van der Waals surface area contributed by atoms with Crippen LogP contribution in [0.3, 0.4) is 0 Å². The second-order valence-electron chi connectivity index (χ2n) is 6.09. The van der Waals surface area contributed by atoms with Crippen LogP contribution in [0.1, 0.15) is 55.0 Å². The highest BCUT2D eigenvalue weighted by Crippen LogP contribution is 2.36. The zero-order chi connectivity index (χ0) is 17.1. The smallest absolute Gasteiger partial charge is 0.251 e. The van der Waals surface area contributed by atoms with Gasteiger partial charge >= 0.3 is 0 Å². The fraction of sp³-hybridized carbons (Fsp3) is 0.421. The van der Waals surface area contributed by atoms with Crippen molar-refractivity contribution < 1.29 is 9.53 Å². The van der Waals surface area contributed by atoms with Crippen molar-refractivity contribution >= 4 is 5.91 Å². The van der Waals surface area contributed by atoms with Crippen molar-refractivity contribution in [2.45, 2.75) is 46.6 Å². The number of carbonyl (C=O) groups is 1. The van der Waals surface area contributed by atoms with Gasteiger partial charge in [-0.2, -0.15) is 0 Å². The molecule has 2 N–H and O–H groups in total. The van der Waals surface area contributed by atoms with Crippen LogP contribution in [0.4, 0.5) is 0 Å². The maximum Gasteiger partial charge on any atom is 0.251 e. The summed E-state index contributed by atoms with van der Waals surface area (Å²) < 4.78 is 7.47. The average Bonchev–Trinajstić information content (AvgIpc) is 2.80. The summed E-state index contributed by atoms with van der Waals surface area (Å²) in [4.78, 5) is 12.1. The average molecular weight is 314 g/mol. The SMILES string of the molecule is CCCc1c(-c2ccc(OC)cc2)c(C(N)=O)c(C)n1C(C)C. The number of rotatable bonds is 6. The van der Waals surface area contributed by atoms with Gasteiger partial charge in [-0.25, -0.2) is 0 Å². The standard InChI is InChI=1S/C19H26N2O2/c1-6-7-16-18(14-8-10-15(23-5)11-9-14)17(19(20)22)13(4)21(16)12(2)3/h8-12H,6-7H2,1-5H3,(H2,20,22). The first-order valence-electron chi connectivity index (χ1n) is 8.10. The lowest BCUT2D eigenvalue weighted by molar-refractivity contribution is 0.1000. The van der Waals surface area contributed by atoms with Crippen molar-refractivity contribution in [2.24, 2.45) is 5.73 Å². The van der Waals surface area contributed by atoms with E-state index in [1.165, 1.54) is 5.69 Å². The number of carbonyl (C=O) groups excluding carboxylic acids is 1. The highest BCUT2D eigenvalue weighted by atomic mass is 16.5. The fourth-order valence-electron chi connectivity index (χ4n) is 3.32. The zero-order valence-electron chi connectivity index (χ0n) is 14.6. The summed E-state index contributed by atoms with van der Waals surface area (Å²) in [6.45, 7) is 8.39. The molecule has 4 heteroatoms. The lowest BCUT2D eigenvalue weighted by Crippen LogP contribution is -2.14. The number of amides is 1. The minimum atomic E-state index is -0.370. The summed E-state index contributed by atoms with van der Waals surface area (Å²) in [5.41, 5.74) is 10.4. The van der Waals surface area contributed by atoms with Gasteiger partial charge in [0.15, 0.2) is 0 Å². The molecular formula is C19H26N2O2. The van der Waals surface area contributed by atoms with Gasteiger partial charge in [-0.15, -0.1) is 0 Å². The van der Waals surface area contributed by atoms with Crippen LogP contribution in [-0.2, 0) is 6.42 Å². The second kappa shape index (κ2) is 6.90. The van der Waals surface area contributed by atoms with Crippen LogP contribution in [0.2, 0.25) is 0 Å². The van der Waals surface area contributed by atoms with E-state index >= 15 is 0 Å². The molecule has 1 amide bonds. The Morgan fingerprint density at radius 2 is 1.87 bits per heavy atom. The Morgan fingerprint density at radius 1 is 1.26 bits per heavy atom. The maximum atomic E-state index is 12.1. The van der Waals surface area contributed by atoms with Gasteiger partial charge < -0.3 is 15.0 Å². The maximum absolute atomic E-state index is 12.1. The molecule has 0 unspecified atom stereocenters. The molecule has 0 spiro atoms. The highest BCUT2D eigenvalue weighted by molar-refractivity contribution is 6.02. The Bertz CT molecular complexity index is 697. The molecule has 0 bridgehead atoms. The molecule has 0 aliphatic carbocycles. The highest BCUT2D eigenvalue weighted by Gasteiger charge is 2.25. The van der Waals surface area contributed by atoms with E-state index in [4.69, 9.17) is 10.5 Å². The molecule has 23 heavy (non-hydrogen) atoms. The molecule has 0 fully saturated rings. The Kier molecular flexibility index (Phi) is 5.14. The molecule has 1 aromatic heterocycles. The number of hydrogen-bond donors (Lipinski definition) is 1. The largest absolute Gasteiger partial charge is 0.497 e.